The Labute approximate surface area is 183 Å². The summed E-state index contributed by atoms with van der Waals surface area (Å²) in [6.45, 7) is 0. The molecule has 2 aromatic rings. The van der Waals surface area contributed by atoms with Gasteiger partial charge >= 0.3 is 35.5 Å². The van der Waals surface area contributed by atoms with Gasteiger partial charge < -0.3 is 41.4 Å². The van der Waals surface area contributed by atoms with Crippen molar-refractivity contribution in [1.82, 2.24) is 4.57 Å². The summed E-state index contributed by atoms with van der Waals surface area (Å²) in [7, 11) is 0. The van der Waals surface area contributed by atoms with E-state index in [2.05, 4.69) is 15.9 Å². The summed E-state index contributed by atoms with van der Waals surface area (Å²) in [5, 5.41) is 58.3. The summed E-state index contributed by atoms with van der Waals surface area (Å²) in [6, 6.07) is 6.01. The average molecular weight is 463 g/mol. The maximum Gasteiger partial charge on any atom is 1.00 e. The predicted octanol–water partition coefficient (Wildman–Crippen LogP) is -3.08. The molecule has 0 unspecified atom stereocenters. The Morgan fingerprint density at radius 1 is 1.31 bits per heavy atom. The molecule has 0 aliphatic carbocycles. The first-order valence-corrected chi connectivity index (χ1v) is 8.04. The maximum atomic E-state index is 11.6. The van der Waals surface area contributed by atoms with Gasteiger partial charge in [-0.15, -0.1) is 0 Å². The number of benzene rings is 1. The van der Waals surface area contributed by atoms with Crippen LogP contribution in [0.4, 0.5) is 0 Å². The number of carboxylic acids is 1. The number of para-hydroxylation sites is 1. The normalized spacial score (nSPS) is 37.3. The molecule has 0 spiro atoms. The van der Waals surface area contributed by atoms with Crippen molar-refractivity contribution in [2.75, 3.05) is 0 Å². The minimum atomic E-state index is -3.19. The first-order chi connectivity index (χ1) is 11.5. The molecule has 1 saturated heterocycles. The number of aliphatic carboxylic acids is 1. The molecule has 0 bridgehead atoms. The first-order valence-electron chi connectivity index (χ1n) is 6.87. The fraction of sp³-hybridized carbons (Fsp3) is 0.357. The van der Waals surface area contributed by atoms with Crippen LogP contribution in [0.3, 0.4) is 0 Å². The zero-order chi connectivity index (χ0) is 18.8. The third-order valence-corrected chi connectivity index (χ3v) is 5.95. The first kappa shape index (κ1) is 21.9. The number of nitrogens with zero attached hydrogens (tertiary/aromatic N) is 1. The SMILES string of the molecule is O=C(O)[C@H]1O[C@@H](O)[C@@](O)(Br)[C@](O)(Cl)[C@@]1(O)n1cc(O)c2ccccc21.[H-].[Na+]. The van der Waals surface area contributed by atoms with E-state index in [1.807, 2.05) is 0 Å². The fourth-order valence-electron chi connectivity index (χ4n) is 2.87. The average Bonchev–Trinajstić information content (AvgIpc) is 2.87. The van der Waals surface area contributed by atoms with Gasteiger partial charge in [-0.2, -0.15) is 0 Å². The quantitative estimate of drug-likeness (QED) is 0.203. The van der Waals surface area contributed by atoms with E-state index in [1.165, 1.54) is 18.2 Å². The summed E-state index contributed by atoms with van der Waals surface area (Å²) in [4.78, 5) is 11.6. The van der Waals surface area contributed by atoms with Crippen LogP contribution >= 0.6 is 27.5 Å². The number of fused-ring (bicyclic) bond motifs is 1. The Balaban J connectivity index is 0.00000182. The van der Waals surface area contributed by atoms with Crippen LogP contribution < -0.4 is 29.6 Å². The van der Waals surface area contributed by atoms with Gasteiger partial charge in [0.2, 0.25) is 21.4 Å². The van der Waals surface area contributed by atoms with E-state index >= 15 is 0 Å². The number of halogens is 2. The molecule has 3 rings (SSSR count). The molecular formula is C14H14BrClNNaO8. The molecule has 1 fully saturated rings. The van der Waals surface area contributed by atoms with Gasteiger partial charge in [-0.25, -0.2) is 4.79 Å². The molecule has 26 heavy (non-hydrogen) atoms. The minimum absolute atomic E-state index is 0. The zero-order valence-corrected chi connectivity index (χ0v) is 17.6. The molecule has 0 radical (unpaired) electrons. The number of aliphatic hydroxyl groups is 4. The third-order valence-electron chi connectivity index (χ3n) is 4.19. The van der Waals surface area contributed by atoms with Crippen LogP contribution in [0.5, 0.6) is 5.75 Å². The van der Waals surface area contributed by atoms with Crippen molar-refractivity contribution in [1.29, 1.82) is 0 Å². The van der Waals surface area contributed by atoms with Gasteiger partial charge in [0, 0.05) is 11.6 Å². The van der Waals surface area contributed by atoms with Crippen molar-refractivity contribution in [2.24, 2.45) is 0 Å². The predicted molar refractivity (Wildman–Crippen MR) is 88.1 cm³/mol. The van der Waals surface area contributed by atoms with E-state index in [4.69, 9.17) is 16.3 Å². The molecule has 0 amide bonds. The molecule has 138 valence electrons. The molecule has 1 aromatic heterocycles. The molecule has 6 N–H and O–H groups in total. The Morgan fingerprint density at radius 3 is 2.46 bits per heavy atom. The van der Waals surface area contributed by atoms with Gasteiger partial charge in [-0.05, 0) is 28.1 Å². The van der Waals surface area contributed by atoms with Crippen LogP contribution in [0, 0.1) is 0 Å². The topological polar surface area (TPSA) is 153 Å². The molecule has 0 saturated carbocycles. The van der Waals surface area contributed by atoms with Gasteiger partial charge in [0.25, 0.3) is 0 Å². The van der Waals surface area contributed by atoms with Crippen molar-refractivity contribution in [2.45, 2.75) is 27.7 Å². The second kappa shape index (κ2) is 6.89. The molecular weight excluding hydrogens is 449 g/mol. The summed E-state index contributed by atoms with van der Waals surface area (Å²) in [6.07, 6.45) is -3.65. The molecule has 1 aromatic carbocycles. The number of aliphatic hydroxyl groups excluding tert-OH is 1. The van der Waals surface area contributed by atoms with E-state index in [-0.39, 0.29) is 47.6 Å². The van der Waals surface area contributed by atoms with Gasteiger partial charge in [0.15, 0.2) is 6.29 Å². The van der Waals surface area contributed by atoms with Crippen LogP contribution in [0.1, 0.15) is 1.43 Å². The standard InChI is InChI=1S/C14H13BrClNO8.Na.H/c15-12(22)11(21)25-9(10(19)20)13(23,14(12,16)24)17-5-8(18)6-3-1-2-4-7(6)17;;/h1-5,9,11,18,21-24H,(H,19,20);;/q;+1;-1/t9-,11-,12+,13-,14-;;/m1../s1. The Bertz CT molecular complexity index is 865. The van der Waals surface area contributed by atoms with Gasteiger partial charge in [0.05, 0.1) is 5.52 Å². The van der Waals surface area contributed by atoms with Crippen molar-refractivity contribution < 1.29 is 71.2 Å². The van der Waals surface area contributed by atoms with E-state index < -0.39 is 33.7 Å². The van der Waals surface area contributed by atoms with Crippen molar-refractivity contribution in [3.63, 3.8) is 0 Å². The summed E-state index contributed by atoms with van der Waals surface area (Å²) in [5.41, 5.74) is -2.94. The monoisotopic (exact) mass is 461 g/mol. The number of carbonyl (C=O) groups is 1. The number of ether oxygens (including phenoxy) is 1. The van der Waals surface area contributed by atoms with E-state index in [1.54, 1.807) is 6.07 Å². The molecule has 1 aliphatic rings. The van der Waals surface area contributed by atoms with Gasteiger partial charge in [-0.1, -0.05) is 23.7 Å². The van der Waals surface area contributed by atoms with E-state index in [0.717, 1.165) is 10.8 Å². The maximum absolute atomic E-state index is 11.6. The Hall–Kier alpha value is -0.400. The number of aromatic nitrogens is 1. The minimum Gasteiger partial charge on any atom is -1.00 e. The Kier molecular flexibility index (Phi) is 5.80. The number of rotatable bonds is 2. The van der Waals surface area contributed by atoms with Crippen LogP contribution in [-0.2, 0) is 15.3 Å². The van der Waals surface area contributed by atoms with Gasteiger partial charge in [-0.3, -0.25) is 0 Å². The molecule has 5 atom stereocenters. The third kappa shape index (κ3) is 2.72. The summed E-state index contributed by atoms with van der Waals surface area (Å²) >= 11 is 8.52. The van der Waals surface area contributed by atoms with E-state index in [9.17, 15) is 35.4 Å². The van der Waals surface area contributed by atoms with Crippen LogP contribution in [0.15, 0.2) is 30.5 Å². The largest absolute Gasteiger partial charge is 1.00 e. The summed E-state index contributed by atoms with van der Waals surface area (Å²) in [5.74, 6) is -2.12. The van der Waals surface area contributed by atoms with Gasteiger partial charge in [0.1, 0.15) is 5.75 Å². The number of hydrogen-bond acceptors (Lipinski definition) is 7. The van der Waals surface area contributed by atoms with Crippen LogP contribution in [0.25, 0.3) is 10.9 Å². The number of aromatic hydroxyl groups is 1. The van der Waals surface area contributed by atoms with E-state index in [0.29, 0.717) is 0 Å². The van der Waals surface area contributed by atoms with Crippen molar-refractivity contribution in [3.8, 4) is 5.75 Å². The number of alkyl halides is 2. The molecule has 1 aliphatic heterocycles. The second-order valence-electron chi connectivity index (χ2n) is 5.63. The molecule has 12 heteroatoms. The number of carboxylic acid groups (broad SMARTS) is 1. The Morgan fingerprint density at radius 2 is 1.88 bits per heavy atom. The molecule has 2 heterocycles. The number of hydrogen-bond donors (Lipinski definition) is 6. The smallest absolute Gasteiger partial charge is 1.00 e. The fourth-order valence-corrected chi connectivity index (χ4v) is 3.55. The second-order valence-corrected chi connectivity index (χ2v) is 7.39. The summed E-state index contributed by atoms with van der Waals surface area (Å²) < 4.78 is 2.71. The van der Waals surface area contributed by atoms with Crippen LogP contribution in [-0.4, -0.2) is 63.1 Å². The van der Waals surface area contributed by atoms with Crippen molar-refractivity contribution >= 4 is 44.4 Å². The van der Waals surface area contributed by atoms with Crippen LogP contribution in [0.2, 0.25) is 0 Å². The molecule has 9 nitrogen and oxygen atoms in total. The zero-order valence-electron chi connectivity index (χ0n) is 14.2. The van der Waals surface area contributed by atoms with Crippen molar-refractivity contribution in [3.05, 3.63) is 30.5 Å².